The second kappa shape index (κ2) is 5.21. The van der Waals surface area contributed by atoms with Gasteiger partial charge in [-0.1, -0.05) is 13.8 Å². The predicted molar refractivity (Wildman–Crippen MR) is 27.1 cm³/mol. The zero-order valence-corrected chi connectivity index (χ0v) is 5.50. The Bertz CT molecular complexity index is 74.5. The molecule has 0 unspecified atom stereocenters. The fraction of sp³-hybridized carbons (Fsp3) is 1.00. The number of phosphoric acid groups is 1. The molecule has 0 rings (SSSR count). The first-order chi connectivity index (χ1) is 3.56. The van der Waals surface area contributed by atoms with Gasteiger partial charge in [-0.25, -0.2) is 9.82 Å². The Hall–Kier alpha value is 0.0700. The van der Waals surface area contributed by atoms with Crippen LogP contribution in [-0.2, 0) is 9.24 Å². The van der Waals surface area contributed by atoms with E-state index in [2.05, 4.69) is 4.67 Å². The van der Waals surface area contributed by atoms with Gasteiger partial charge in [0.15, 0.2) is 0 Å². The van der Waals surface area contributed by atoms with Crippen molar-refractivity contribution < 1.29 is 24.3 Å². The summed E-state index contributed by atoms with van der Waals surface area (Å²) in [5.41, 5.74) is 0. The van der Waals surface area contributed by atoms with E-state index in [0.717, 1.165) is 0 Å². The molecule has 0 saturated heterocycles. The summed E-state index contributed by atoms with van der Waals surface area (Å²) >= 11 is 0. The summed E-state index contributed by atoms with van der Waals surface area (Å²) in [4.78, 5) is 14.9. The summed E-state index contributed by atoms with van der Waals surface area (Å²) in [5.74, 6) is 0. The Morgan fingerprint density at radius 1 is 1.38 bits per heavy atom. The highest BCUT2D eigenvalue weighted by Crippen LogP contribution is 2.33. The monoisotopic (exact) mass is 144 g/mol. The largest absolute Gasteiger partial charge is 0.496 e. The van der Waals surface area contributed by atoms with E-state index in [1.807, 2.05) is 13.8 Å². The Morgan fingerprint density at radius 2 is 1.50 bits per heavy atom. The van der Waals surface area contributed by atoms with E-state index in [0.29, 0.717) is 0 Å². The molecule has 3 N–H and O–H groups in total. The lowest BCUT2D eigenvalue weighted by atomic mass is 11.0. The van der Waals surface area contributed by atoms with Gasteiger partial charge in [-0.2, -0.15) is 0 Å². The van der Waals surface area contributed by atoms with Crippen LogP contribution < -0.4 is 0 Å². The molecule has 0 aliphatic carbocycles. The van der Waals surface area contributed by atoms with Crippen LogP contribution in [0.4, 0.5) is 0 Å². The molecule has 0 atom stereocenters. The molecule has 0 amide bonds. The fourth-order valence-corrected chi connectivity index (χ4v) is 0. The zero-order valence-electron chi connectivity index (χ0n) is 4.61. The Balaban J connectivity index is 0. The number of hydrogen-bond acceptors (Lipinski definition) is 3. The van der Waals surface area contributed by atoms with Crippen LogP contribution in [0.3, 0.4) is 0 Å². The van der Waals surface area contributed by atoms with Gasteiger partial charge in [0.2, 0.25) is 0 Å². The van der Waals surface area contributed by atoms with Crippen LogP contribution in [0.1, 0.15) is 13.8 Å². The second-order valence-corrected chi connectivity index (χ2v) is 1.72. The molecule has 0 bridgehead atoms. The molecule has 0 radical (unpaired) electrons. The minimum absolute atomic E-state index is 2.00. The lowest BCUT2D eigenvalue weighted by Gasteiger charge is -1.90. The van der Waals surface area contributed by atoms with Crippen LogP contribution in [0.5, 0.6) is 0 Å². The van der Waals surface area contributed by atoms with E-state index in [1.54, 1.807) is 0 Å². The molecule has 0 aliphatic heterocycles. The van der Waals surface area contributed by atoms with Crippen molar-refractivity contribution in [2.75, 3.05) is 0 Å². The Morgan fingerprint density at radius 3 is 1.50 bits per heavy atom. The molecule has 52 valence electrons. The van der Waals surface area contributed by atoms with E-state index < -0.39 is 7.82 Å². The molecule has 0 fully saturated rings. The third-order valence-corrected chi connectivity index (χ3v) is 0.319. The molecule has 0 saturated carbocycles. The van der Waals surface area contributed by atoms with Gasteiger partial charge in [-0.15, -0.1) is 4.67 Å². The van der Waals surface area contributed by atoms with Gasteiger partial charge in [0.05, 0.1) is 0 Å². The lowest BCUT2D eigenvalue weighted by molar-refractivity contribution is -0.158. The van der Waals surface area contributed by atoms with Gasteiger partial charge in [0, 0.05) is 0 Å². The third-order valence-electron chi connectivity index (χ3n) is 0.106. The van der Waals surface area contributed by atoms with Gasteiger partial charge < -0.3 is 9.79 Å². The highest BCUT2D eigenvalue weighted by molar-refractivity contribution is 7.46. The van der Waals surface area contributed by atoms with Gasteiger partial charge in [0.1, 0.15) is 0 Å². The first-order valence-corrected chi connectivity index (χ1v) is 3.48. The highest BCUT2D eigenvalue weighted by Gasteiger charge is 2.10. The molecule has 5 nitrogen and oxygen atoms in total. The van der Waals surface area contributed by atoms with Crippen LogP contribution in [0.15, 0.2) is 0 Å². The van der Waals surface area contributed by atoms with E-state index in [1.165, 1.54) is 0 Å². The molecular formula is C2H9O5P. The number of rotatable bonds is 1. The van der Waals surface area contributed by atoms with Crippen molar-refractivity contribution in [3.05, 3.63) is 0 Å². The summed E-state index contributed by atoms with van der Waals surface area (Å²) in [7, 11) is -4.59. The van der Waals surface area contributed by atoms with Crippen molar-refractivity contribution in [1.29, 1.82) is 0 Å². The number of hydrogen-bond donors (Lipinski definition) is 3. The molecule has 0 aliphatic rings. The summed E-state index contributed by atoms with van der Waals surface area (Å²) < 4.78 is 11.8. The highest BCUT2D eigenvalue weighted by atomic mass is 31.2. The summed E-state index contributed by atoms with van der Waals surface area (Å²) in [6, 6.07) is 0. The standard InChI is InChI=1S/C2H6.H3O5P/c1-2;1-5-6(2,3)4/h1-2H3;1H,(H2,2,3,4). The van der Waals surface area contributed by atoms with Crippen molar-refractivity contribution in [2.24, 2.45) is 0 Å². The molecule has 0 spiro atoms. The fourth-order valence-electron chi connectivity index (χ4n) is 0. The molecule has 8 heavy (non-hydrogen) atoms. The first-order valence-electron chi connectivity index (χ1n) is 1.95. The topological polar surface area (TPSA) is 87.0 Å². The molecule has 6 heteroatoms. The quantitative estimate of drug-likeness (QED) is 0.285. The van der Waals surface area contributed by atoms with Crippen LogP contribution >= 0.6 is 7.82 Å². The van der Waals surface area contributed by atoms with Crippen LogP contribution in [-0.4, -0.2) is 15.0 Å². The summed E-state index contributed by atoms with van der Waals surface area (Å²) in [6.07, 6.45) is 0. The molecule has 0 aromatic carbocycles. The normalized spacial score (nSPS) is 9.62. The van der Waals surface area contributed by atoms with Crippen molar-refractivity contribution >= 4 is 7.82 Å². The van der Waals surface area contributed by atoms with E-state index in [4.69, 9.17) is 15.0 Å². The minimum atomic E-state index is -4.59. The zero-order chi connectivity index (χ0) is 7.21. The first kappa shape index (κ1) is 10.9. The predicted octanol–water partition coefficient (Wildman–Crippen LogP) is 0.595. The van der Waals surface area contributed by atoms with Gasteiger partial charge in [0.25, 0.3) is 0 Å². The molecule has 0 aromatic rings. The van der Waals surface area contributed by atoms with E-state index in [9.17, 15) is 4.57 Å². The van der Waals surface area contributed by atoms with E-state index >= 15 is 0 Å². The van der Waals surface area contributed by atoms with Crippen LogP contribution in [0, 0.1) is 0 Å². The van der Waals surface area contributed by atoms with Crippen LogP contribution in [0.2, 0.25) is 0 Å². The van der Waals surface area contributed by atoms with Gasteiger partial charge in [-0.05, 0) is 0 Å². The lowest BCUT2D eigenvalue weighted by Crippen LogP contribution is -1.77. The second-order valence-electron chi connectivity index (χ2n) is 0.572. The molecular weight excluding hydrogens is 135 g/mol. The van der Waals surface area contributed by atoms with Crippen molar-refractivity contribution in [3.63, 3.8) is 0 Å². The van der Waals surface area contributed by atoms with Crippen molar-refractivity contribution in [2.45, 2.75) is 13.8 Å². The maximum Gasteiger partial charge on any atom is 0.496 e. The van der Waals surface area contributed by atoms with Gasteiger partial charge >= 0.3 is 7.82 Å². The average molecular weight is 144 g/mol. The molecule has 0 aromatic heterocycles. The molecule has 0 heterocycles. The van der Waals surface area contributed by atoms with Crippen LogP contribution in [0.25, 0.3) is 0 Å². The summed E-state index contributed by atoms with van der Waals surface area (Å²) in [5, 5.41) is 7.14. The van der Waals surface area contributed by atoms with Crippen molar-refractivity contribution in [1.82, 2.24) is 0 Å². The Labute approximate surface area is 47.1 Å². The minimum Gasteiger partial charge on any atom is -0.301 e. The Kier molecular flexibility index (Phi) is 7.13. The van der Waals surface area contributed by atoms with E-state index in [-0.39, 0.29) is 0 Å². The van der Waals surface area contributed by atoms with Gasteiger partial charge in [-0.3, -0.25) is 0 Å². The smallest absolute Gasteiger partial charge is 0.301 e. The maximum atomic E-state index is 9.22. The summed E-state index contributed by atoms with van der Waals surface area (Å²) in [6.45, 7) is 4.00. The van der Waals surface area contributed by atoms with Crippen molar-refractivity contribution in [3.8, 4) is 0 Å². The average Bonchev–Trinajstić information content (AvgIpc) is 1.71. The third kappa shape index (κ3) is 16.6. The maximum absolute atomic E-state index is 9.22. The SMILES string of the molecule is CC.O=P(O)(O)OO.